The fourth-order valence-electron chi connectivity index (χ4n) is 4.09. The van der Waals surface area contributed by atoms with Crippen LogP contribution in [0.1, 0.15) is 17.0 Å². The van der Waals surface area contributed by atoms with Crippen molar-refractivity contribution in [3.05, 3.63) is 94.8 Å². The maximum Gasteiger partial charge on any atom is 0.180 e. The van der Waals surface area contributed by atoms with Crippen molar-refractivity contribution in [2.75, 3.05) is 14.2 Å². The maximum absolute atomic E-state index is 9.82. The number of ether oxygens (including phenoxy) is 3. The molecule has 0 fully saturated rings. The predicted molar refractivity (Wildman–Crippen MR) is 142 cm³/mol. The number of nitrogens with zero attached hydrogens (tertiary/aromatic N) is 2. The second-order valence-corrected chi connectivity index (χ2v) is 8.51. The molecular weight excluding hydrogens is 474 g/mol. The Morgan fingerprint density at radius 2 is 1.86 bits per heavy atom. The quantitative estimate of drug-likeness (QED) is 0.245. The molecular formula is C29H22ClN3O3. The molecule has 1 heterocycles. The number of allylic oxidation sites excluding steroid dienone is 1. The molecule has 0 aliphatic rings. The average Bonchev–Trinajstić information content (AvgIpc) is 3.34. The van der Waals surface area contributed by atoms with E-state index in [1.54, 1.807) is 32.4 Å². The van der Waals surface area contributed by atoms with Gasteiger partial charge in [-0.25, -0.2) is 4.98 Å². The highest BCUT2D eigenvalue weighted by Gasteiger charge is 2.15. The molecule has 1 aromatic heterocycles. The first-order valence-corrected chi connectivity index (χ1v) is 11.6. The van der Waals surface area contributed by atoms with Gasteiger partial charge in [0.2, 0.25) is 0 Å². The molecule has 0 atom stereocenters. The lowest BCUT2D eigenvalue weighted by Crippen LogP contribution is -2.00. The van der Waals surface area contributed by atoms with Crippen molar-refractivity contribution < 1.29 is 14.2 Å². The van der Waals surface area contributed by atoms with Crippen LogP contribution in [0.4, 0.5) is 0 Å². The number of fused-ring (bicyclic) bond motifs is 2. The topological polar surface area (TPSA) is 80.2 Å². The van der Waals surface area contributed by atoms with Crippen molar-refractivity contribution in [2.45, 2.75) is 6.61 Å². The first-order valence-electron chi connectivity index (χ1n) is 11.2. The van der Waals surface area contributed by atoms with E-state index in [9.17, 15) is 5.26 Å². The molecule has 36 heavy (non-hydrogen) atoms. The summed E-state index contributed by atoms with van der Waals surface area (Å²) in [6.07, 6.45) is 1.71. The third kappa shape index (κ3) is 4.57. The number of nitriles is 1. The van der Waals surface area contributed by atoms with Crippen LogP contribution in [0.3, 0.4) is 0 Å². The van der Waals surface area contributed by atoms with Crippen LogP contribution in [0, 0.1) is 11.3 Å². The Bertz CT molecular complexity index is 1640. The fourth-order valence-corrected chi connectivity index (χ4v) is 4.37. The second-order valence-electron chi connectivity index (χ2n) is 8.10. The molecule has 178 valence electrons. The zero-order valence-electron chi connectivity index (χ0n) is 19.7. The first kappa shape index (κ1) is 23.3. The summed E-state index contributed by atoms with van der Waals surface area (Å²) >= 11 is 6.61. The highest BCUT2D eigenvalue weighted by molar-refractivity contribution is 6.32. The van der Waals surface area contributed by atoms with Gasteiger partial charge in [-0.15, -0.1) is 0 Å². The van der Waals surface area contributed by atoms with Gasteiger partial charge in [0.15, 0.2) is 11.5 Å². The van der Waals surface area contributed by atoms with Gasteiger partial charge in [0.05, 0.1) is 35.8 Å². The lowest BCUT2D eigenvalue weighted by Gasteiger charge is -2.14. The van der Waals surface area contributed by atoms with Crippen molar-refractivity contribution in [1.82, 2.24) is 9.97 Å². The summed E-state index contributed by atoms with van der Waals surface area (Å²) in [4.78, 5) is 7.71. The molecule has 0 saturated heterocycles. The first-order chi connectivity index (χ1) is 17.6. The molecule has 6 nitrogen and oxygen atoms in total. The van der Waals surface area contributed by atoms with Gasteiger partial charge < -0.3 is 19.2 Å². The third-order valence-corrected chi connectivity index (χ3v) is 6.16. The Hall–Kier alpha value is -4.47. The minimum Gasteiger partial charge on any atom is -0.497 e. The van der Waals surface area contributed by atoms with Crippen LogP contribution in [-0.4, -0.2) is 24.2 Å². The van der Waals surface area contributed by atoms with Crippen LogP contribution >= 0.6 is 11.6 Å². The summed E-state index contributed by atoms with van der Waals surface area (Å²) in [6.45, 7) is 0.332. The van der Waals surface area contributed by atoms with E-state index in [4.69, 9.17) is 25.8 Å². The molecule has 0 amide bonds. The molecule has 5 aromatic rings. The van der Waals surface area contributed by atoms with E-state index in [1.165, 1.54) is 0 Å². The number of rotatable bonds is 7. The zero-order chi connectivity index (χ0) is 25.1. The Morgan fingerprint density at radius 1 is 1.03 bits per heavy atom. The van der Waals surface area contributed by atoms with Crippen LogP contribution in [0.2, 0.25) is 5.02 Å². The molecule has 0 aliphatic heterocycles. The van der Waals surface area contributed by atoms with Crippen LogP contribution < -0.4 is 14.2 Å². The third-order valence-electron chi connectivity index (χ3n) is 5.88. The summed E-state index contributed by atoms with van der Waals surface area (Å²) in [5, 5.41) is 12.5. The SMILES string of the molecule is COc1ccc2nc(/C(C#N)=C\c3cc(Cl)c(OCc4cccc5ccccc45)c(OC)c3)[nH]c2c1. The molecule has 0 unspecified atom stereocenters. The summed E-state index contributed by atoms with van der Waals surface area (Å²) in [5.41, 5.74) is 3.60. The van der Waals surface area contributed by atoms with Gasteiger partial charge in [-0.1, -0.05) is 54.1 Å². The number of nitrogens with one attached hydrogen (secondary N) is 1. The Morgan fingerprint density at radius 3 is 2.67 bits per heavy atom. The fraction of sp³-hybridized carbons (Fsp3) is 0.103. The number of methoxy groups -OCH3 is 2. The van der Waals surface area contributed by atoms with Crippen molar-refractivity contribution >= 4 is 45.1 Å². The summed E-state index contributed by atoms with van der Waals surface area (Å²) in [5.74, 6) is 2.07. The van der Waals surface area contributed by atoms with Crippen LogP contribution in [0.15, 0.2) is 72.8 Å². The van der Waals surface area contributed by atoms with Gasteiger partial charge in [0.1, 0.15) is 24.3 Å². The van der Waals surface area contributed by atoms with E-state index in [0.29, 0.717) is 45.8 Å². The van der Waals surface area contributed by atoms with Crippen LogP contribution in [0.25, 0.3) is 33.5 Å². The molecule has 0 bridgehead atoms. The van der Waals surface area contributed by atoms with E-state index < -0.39 is 0 Å². The van der Waals surface area contributed by atoms with Gasteiger partial charge in [-0.2, -0.15) is 5.26 Å². The average molecular weight is 496 g/mol. The molecule has 4 aromatic carbocycles. The van der Waals surface area contributed by atoms with E-state index >= 15 is 0 Å². The molecule has 5 rings (SSSR count). The number of aromatic amines is 1. The number of hydrogen-bond donors (Lipinski definition) is 1. The minimum absolute atomic E-state index is 0.332. The van der Waals surface area contributed by atoms with Crippen molar-refractivity contribution in [2.24, 2.45) is 0 Å². The number of hydrogen-bond acceptors (Lipinski definition) is 5. The van der Waals surface area contributed by atoms with E-state index in [0.717, 1.165) is 27.4 Å². The van der Waals surface area contributed by atoms with Gasteiger partial charge >= 0.3 is 0 Å². The number of benzene rings is 4. The van der Waals surface area contributed by atoms with E-state index in [1.807, 2.05) is 42.5 Å². The number of imidazole rings is 1. The summed E-state index contributed by atoms with van der Waals surface area (Å²) < 4.78 is 17.0. The summed E-state index contributed by atoms with van der Waals surface area (Å²) in [7, 11) is 3.16. The highest BCUT2D eigenvalue weighted by Crippen LogP contribution is 2.38. The van der Waals surface area contributed by atoms with Gasteiger partial charge in [-0.05, 0) is 52.2 Å². The smallest absolute Gasteiger partial charge is 0.180 e. The zero-order valence-corrected chi connectivity index (χ0v) is 20.5. The molecule has 0 saturated carbocycles. The van der Waals surface area contributed by atoms with Gasteiger partial charge in [0, 0.05) is 6.07 Å². The van der Waals surface area contributed by atoms with Crippen molar-refractivity contribution in [3.8, 4) is 23.3 Å². The van der Waals surface area contributed by atoms with E-state index in [-0.39, 0.29) is 0 Å². The monoisotopic (exact) mass is 495 g/mol. The molecule has 1 N–H and O–H groups in total. The molecule has 0 aliphatic carbocycles. The Kier molecular flexibility index (Phi) is 6.48. The minimum atomic E-state index is 0.332. The summed E-state index contributed by atoms with van der Waals surface area (Å²) in [6, 6.07) is 25.5. The standard InChI is InChI=1S/C29H22ClN3O3/c1-34-22-10-11-25-26(15-22)33-29(32-25)21(16-31)12-18-13-24(30)28(27(14-18)35-2)36-17-20-8-5-7-19-6-3-4-9-23(19)20/h3-15H,17H2,1-2H3,(H,32,33)/b21-12-. The van der Waals surface area contributed by atoms with Gasteiger partial charge in [-0.3, -0.25) is 0 Å². The highest BCUT2D eigenvalue weighted by atomic mass is 35.5. The lowest BCUT2D eigenvalue weighted by molar-refractivity contribution is 0.286. The normalized spacial score (nSPS) is 11.4. The largest absolute Gasteiger partial charge is 0.497 e. The number of H-pyrrole nitrogens is 1. The Labute approximate surface area is 213 Å². The molecule has 0 radical (unpaired) electrons. The van der Waals surface area contributed by atoms with E-state index in [2.05, 4.69) is 34.2 Å². The van der Waals surface area contributed by atoms with Crippen LogP contribution in [0.5, 0.6) is 17.2 Å². The molecule has 0 spiro atoms. The second kappa shape index (κ2) is 10.0. The van der Waals surface area contributed by atoms with Crippen molar-refractivity contribution in [3.63, 3.8) is 0 Å². The van der Waals surface area contributed by atoms with Gasteiger partial charge in [0.25, 0.3) is 0 Å². The van der Waals surface area contributed by atoms with Crippen molar-refractivity contribution in [1.29, 1.82) is 5.26 Å². The maximum atomic E-state index is 9.82. The predicted octanol–water partition coefficient (Wildman–Crippen LogP) is 7.03. The number of halogens is 1. The lowest BCUT2D eigenvalue weighted by atomic mass is 10.1. The van der Waals surface area contributed by atoms with Crippen LogP contribution in [-0.2, 0) is 6.61 Å². The number of aromatic nitrogens is 2. The molecule has 7 heteroatoms. The Balaban J connectivity index is 1.45.